The van der Waals surface area contributed by atoms with Gasteiger partial charge in [-0.15, -0.1) is 0 Å². The van der Waals surface area contributed by atoms with Crippen LogP contribution in [0.3, 0.4) is 0 Å². The molecule has 0 aromatic carbocycles. The van der Waals surface area contributed by atoms with Gasteiger partial charge in [0.1, 0.15) is 5.82 Å². The van der Waals surface area contributed by atoms with Crippen molar-refractivity contribution in [3.63, 3.8) is 0 Å². The van der Waals surface area contributed by atoms with Gasteiger partial charge in [0.05, 0.1) is 18.1 Å². The van der Waals surface area contributed by atoms with Gasteiger partial charge in [-0.3, -0.25) is 4.98 Å². The van der Waals surface area contributed by atoms with Crippen LogP contribution in [0.1, 0.15) is 38.3 Å². The molecule has 0 amide bonds. The number of nitrogens with zero attached hydrogens (tertiary/aromatic N) is 2. The maximum Gasteiger partial charge on any atom is 0.144 e. The van der Waals surface area contributed by atoms with Crippen LogP contribution in [0.5, 0.6) is 0 Å². The summed E-state index contributed by atoms with van der Waals surface area (Å²) < 4.78 is 0. The molecule has 2 atom stereocenters. The Hall–Kier alpha value is -0.770. The Morgan fingerprint density at radius 3 is 2.88 bits per heavy atom. The van der Waals surface area contributed by atoms with Gasteiger partial charge in [0.25, 0.3) is 0 Å². The maximum absolute atomic E-state index is 4.41. The topological polar surface area (TPSA) is 37.8 Å². The Kier molecular flexibility index (Phi) is 4.66. The Morgan fingerprint density at radius 1 is 1.35 bits per heavy atom. The second-order valence-corrected chi connectivity index (χ2v) is 6.14. The van der Waals surface area contributed by atoms with Gasteiger partial charge in [-0.05, 0) is 18.8 Å². The Labute approximate surface area is 108 Å². The highest BCUT2D eigenvalue weighted by Crippen LogP contribution is 2.33. The van der Waals surface area contributed by atoms with Crippen LogP contribution in [0.2, 0.25) is 0 Å². The van der Waals surface area contributed by atoms with Crippen molar-refractivity contribution in [3.8, 4) is 0 Å². The lowest BCUT2D eigenvalue weighted by Crippen LogP contribution is -2.15. The summed E-state index contributed by atoms with van der Waals surface area (Å²) in [6.45, 7) is 2.37. The molecule has 1 fully saturated rings. The second-order valence-electron chi connectivity index (χ2n) is 4.85. The normalized spacial score (nSPS) is 24.6. The van der Waals surface area contributed by atoms with Crippen molar-refractivity contribution in [2.24, 2.45) is 5.92 Å². The average molecular weight is 251 g/mol. The van der Waals surface area contributed by atoms with Gasteiger partial charge in [-0.2, -0.15) is 11.8 Å². The molecular weight excluding hydrogens is 230 g/mol. The molecular formula is C13H21N3S. The summed E-state index contributed by atoms with van der Waals surface area (Å²) in [4.78, 5) is 8.70. The number of thioether (sulfide) groups is 1. The molecule has 1 saturated carbocycles. The van der Waals surface area contributed by atoms with E-state index < -0.39 is 0 Å². The molecule has 1 aromatic rings. The van der Waals surface area contributed by atoms with Gasteiger partial charge in [-0.25, -0.2) is 4.98 Å². The zero-order valence-electron chi connectivity index (χ0n) is 10.6. The minimum atomic E-state index is 0.824. The molecule has 1 aromatic heterocycles. The van der Waals surface area contributed by atoms with Crippen LogP contribution >= 0.6 is 11.8 Å². The van der Waals surface area contributed by atoms with E-state index in [9.17, 15) is 0 Å². The van der Waals surface area contributed by atoms with E-state index in [0.717, 1.165) is 28.4 Å². The monoisotopic (exact) mass is 251 g/mol. The van der Waals surface area contributed by atoms with Gasteiger partial charge in [0.2, 0.25) is 0 Å². The van der Waals surface area contributed by atoms with Gasteiger partial charge in [0, 0.05) is 18.1 Å². The number of nitrogens with one attached hydrogen (secondary N) is 1. The van der Waals surface area contributed by atoms with E-state index in [1.54, 1.807) is 6.20 Å². The lowest BCUT2D eigenvalue weighted by atomic mass is 9.91. The van der Waals surface area contributed by atoms with E-state index in [2.05, 4.69) is 22.2 Å². The predicted octanol–water partition coefficient (Wildman–Crippen LogP) is 3.33. The first-order valence-corrected chi connectivity index (χ1v) is 7.43. The first-order chi connectivity index (χ1) is 8.28. The van der Waals surface area contributed by atoms with Crippen molar-refractivity contribution in [1.29, 1.82) is 0 Å². The van der Waals surface area contributed by atoms with E-state index in [-0.39, 0.29) is 0 Å². The highest BCUT2D eigenvalue weighted by atomic mass is 32.2. The molecule has 1 heterocycles. The molecule has 0 spiro atoms. The first-order valence-electron chi connectivity index (χ1n) is 6.38. The lowest BCUT2D eigenvalue weighted by Gasteiger charge is -2.26. The fourth-order valence-corrected chi connectivity index (χ4v) is 3.64. The standard InChI is InChI=1S/C13H21N3S/c1-10-4-3-5-12(6-10)17-9-11-7-16-13(14-2)8-15-11/h7-8,10,12H,3-6,9H2,1-2H3,(H,14,16). The van der Waals surface area contributed by atoms with Crippen LogP contribution in [-0.2, 0) is 5.75 Å². The molecule has 94 valence electrons. The molecule has 4 heteroatoms. The summed E-state index contributed by atoms with van der Waals surface area (Å²) in [5, 5.41) is 3.81. The molecule has 0 bridgehead atoms. The number of anilines is 1. The SMILES string of the molecule is CNc1cnc(CSC2CCCC(C)C2)cn1. The highest BCUT2D eigenvalue weighted by molar-refractivity contribution is 7.99. The minimum absolute atomic E-state index is 0.824. The maximum atomic E-state index is 4.41. The van der Waals surface area contributed by atoms with Crippen LogP contribution in [0, 0.1) is 5.92 Å². The number of hydrogen-bond donors (Lipinski definition) is 1. The molecule has 1 aliphatic rings. The van der Waals surface area contributed by atoms with Crippen molar-refractivity contribution in [3.05, 3.63) is 18.1 Å². The van der Waals surface area contributed by atoms with Crippen LogP contribution in [0.25, 0.3) is 0 Å². The van der Waals surface area contributed by atoms with Crippen molar-refractivity contribution in [2.75, 3.05) is 12.4 Å². The predicted molar refractivity (Wildman–Crippen MR) is 74.3 cm³/mol. The third-order valence-corrected chi connectivity index (χ3v) is 4.68. The van der Waals surface area contributed by atoms with Crippen LogP contribution in [0.15, 0.2) is 12.4 Å². The van der Waals surface area contributed by atoms with E-state index in [1.807, 2.05) is 25.0 Å². The van der Waals surface area contributed by atoms with E-state index in [1.165, 1.54) is 25.7 Å². The van der Waals surface area contributed by atoms with Crippen molar-refractivity contribution in [2.45, 2.75) is 43.6 Å². The largest absolute Gasteiger partial charge is 0.372 e. The molecule has 17 heavy (non-hydrogen) atoms. The Morgan fingerprint density at radius 2 is 2.24 bits per heavy atom. The molecule has 3 nitrogen and oxygen atoms in total. The van der Waals surface area contributed by atoms with Crippen molar-refractivity contribution in [1.82, 2.24) is 9.97 Å². The Balaban J connectivity index is 1.80. The molecule has 2 rings (SSSR count). The fraction of sp³-hybridized carbons (Fsp3) is 0.692. The highest BCUT2D eigenvalue weighted by Gasteiger charge is 2.19. The van der Waals surface area contributed by atoms with Gasteiger partial charge >= 0.3 is 0 Å². The minimum Gasteiger partial charge on any atom is -0.372 e. The van der Waals surface area contributed by atoms with E-state index in [0.29, 0.717) is 0 Å². The molecule has 1 aliphatic carbocycles. The van der Waals surface area contributed by atoms with Gasteiger partial charge < -0.3 is 5.32 Å². The molecule has 0 saturated heterocycles. The van der Waals surface area contributed by atoms with Crippen molar-refractivity contribution < 1.29 is 0 Å². The second kappa shape index (κ2) is 6.24. The van der Waals surface area contributed by atoms with Crippen molar-refractivity contribution >= 4 is 17.6 Å². The summed E-state index contributed by atoms with van der Waals surface area (Å²) in [7, 11) is 1.86. The summed E-state index contributed by atoms with van der Waals surface area (Å²) in [6.07, 6.45) is 9.23. The zero-order chi connectivity index (χ0) is 12.1. The fourth-order valence-electron chi connectivity index (χ4n) is 2.29. The van der Waals surface area contributed by atoms with E-state index >= 15 is 0 Å². The first kappa shape index (κ1) is 12.7. The quantitative estimate of drug-likeness (QED) is 0.890. The van der Waals surface area contributed by atoms with Gasteiger partial charge in [-0.1, -0.05) is 19.8 Å². The van der Waals surface area contributed by atoms with Crippen LogP contribution in [0.4, 0.5) is 5.82 Å². The molecule has 2 unspecified atom stereocenters. The Bertz CT molecular complexity index is 339. The zero-order valence-corrected chi connectivity index (χ0v) is 11.5. The van der Waals surface area contributed by atoms with Gasteiger partial charge in [0.15, 0.2) is 0 Å². The number of aromatic nitrogens is 2. The summed E-state index contributed by atoms with van der Waals surface area (Å²) in [5.41, 5.74) is 1.09. The average Bonchev–Trinajstić information content (AvgIpc) is 2.37. The number of rotatable bonds is 4. The number of hydrogen-bond acceptors (Lipinski definition) is 4. The molecule has 0 radical (unpaired) electrons. The summed E-state index contributed by atoms with van der Waals surface area (Å²) in [5.74, 6) is 2.73. The van der Waals surface area contributed by atoms with Crippen LogP contribution < -0.4 is 5.32 Å². The van der Waals surface area contributed by atoms with Crippen LogP contribution in [-0.4, -0.2) is 22.3 Å². The molecule has 0 aliphatic heterocycles. The third kappa shape index (κ3) is 3.87. The van der Waals surface area contributed by atoms with E-state index in [4.69, 9.17) is 0 Å². The molecule has 1 N–H and O–H groups in total. The lowest BCUT2D eigenvalue weighted by molar-refractivity contribution is 0.394. The summed E-state index contributed by atoms with van der Waals surface area (Å²) >= 11 is 2.04. The smallest absolute Gasteiger partial charge is 0.144 e. The third-order valence-electron chi connectivity index (χ3n) is 3.32. The summed E-state index contributed by atoms with van der Waals surface area (Å²) in [6, 6.07) is 0.